The van der Waals surface area contributed by atoms with Crippen molar-refractivity contribution in [3.8, 4) is 0 Å². The number of rotatable bonds is 4. The van der Waals surface area contributed by atoms with Gasteiger partial charge in [-0.25, -0.2) is 0 Å². The fraction of sp³-hybridized carbons (Fsp3) is 0.571. The van der Waals surface area contributed by atoms with Crippen LogP contribution in [0.5, 0.6) is 0 Å². The summed E-state index contributed by atoms with van der Waals surface area (Å²) in [6, 6.07) is 8.61. The normalized spacial score (nSPS) is 19.7. The number of benzene rings is 1. The third-order valence-corrected chi connectivity index (χ3v) is 3.41. The summed E-state index contributed by atoms with van der Waals surface area (Å²) in [6.07, 6.45) is 2.70. The van der Waals surface area contributed by atoms with Crippen molar-refractivity contribution in [3.05, 3.63) is 35.4 Å². The van der Waals surface area contributed by atoms with Crippen LogP contribution in [0, 0.1) is 12.8 Å². The molecule has 2 N–H and O–H groups in total. The Balaban J connectivity index is 0.00000144. The van der Waals surface area contributed by atoms with Crippen molar-refractivity contribution >= 4 is 12.4 Å². The van der Waals surface area contributed by atoms with Gasteiger partial charge in [-0.1, -0.05) is 24.3 Å². The molecule has 1 unspecified atom stereocenters. The van der Waals surface area contributed by atoms with E-state index in [9.17, 15) is 0 Å². The van der Waals surface area contributed by atoms with Crippen molar-refractivity contribution in [2.24, 2.45) is 5.92 Å². The Morgan fingerprint density at radius 1 is 1.35 bits per heavy atom. The van der Waals surface area contributed by atoms with Crippen molar-refractivity contribution in [1.82, 2.24) is 10.6 Å². The van der Waals surface area contributed by atoms with Gasteiger partial charge in [0.2, 0.25) is 0 Å². The van der Waals surface area contributed by atoms with Gasteiger partial charge in [0.1, 0.15) is 0 Å². The van der Waals surface area contributed by atoms with Gasteiger partial charge >= 0.3 is 0 Å². The fourth-order valence-electron chi connectivity index (χ4n) is 2.32. The van der Waals surface area contributed by atoms with Gasteiger partial charge < -0.3 is 10.6 Å². The van der Waals surface area contributed by atoms with Crippen LogP contribution in [0.25, 0.3) is 0 Å². The standard InChI is InChI=1S/C14H22N2.ClH/c1-12-5-2-3-7-14(12)11-16-10-13-6-4-8-15-9-13;/h2-3,5,7,13,15-16H,4,6,8-11H2,1H3;1H. The van der Waals surface area contributed by atoms with Gasteiger partial charge in [0, 0.05) is 6.54 Å². The minimum Gasteiger partial charge on any atom is -0.316 e. The average Bonchev–Trinajstić information content (AvgIpc) is 2.33. The second kappa shape index (κ2) is 7.70. The Labute approximate surface area is 111 Å². The lowest BCUT2D eigenvalue weighted by Crippen LogP contribution is -2.35. The molecule has 1 heterocycles. The molecule has 1 aromatic carbocycles. The topological polar surface area (TPSA) is 24.1 Å². The highest BCUT2D eigenvalue weighted by atomic mass is 35.5. The molecule has 0 radical (unpaired) electrons. The van der Waals surface area contributed by atoms with Crippen molar-refractivity contribution in [1.29, 1.82) is 0 Å². The van der Waals surface area contributed by atoms with E-state index >= 15 is 0 Å². The quantitative estimate of drug-likeness (QED) is 0.863. The molecule has 0 aromatic heterocycles. The second-order valence-corrected chi connectivity index (χ2v) is 4.77. The molecule has 1 aromatic rings. The smallest absolute Gasteiger partial charge is 0.0208 e. The molecular weight excluding hydrogens is 232 g/mol. The van der Waals surface area contributed by atoms with E-state index in [1.165, 1.54) is 37.1 Å². The summed E-state index contributed by atoms with van der Waals surface area (Å²) in [5, 5.41) is 7.03. The van der Waals surface area contributed by atoms with Crippen LogP contribution < -0.4 is 10.6 Å². The SMILES string of the molecule is Cc1ccccc1CNCC1CCCNC1.Cl. The van der Waals surface area contributed by atoms with E-state index in [-0.39, 0.29) is 12.4 Å². The first-order valence-electron chi connectivity index (χ1n) is 6.32. The summed E-state index contributed by atoms with van der Waals surface area (Å²) in [6.45, 7) is 6.71. The minimum absolute atomic E-state index is 0. The van der Waals surface area contributed by atoms with Crippen molar-refractivity contribution < 1.29 is 0 Å². The molecule has 1 atom stereocenters. The summed E-state index contributed by atoms with van der Waals surface area (Å²) >= 11 is 0. The molecule has 0 amide bonds. The number of hydrogen-bond donors (Lipinski definition) is 2. The highest BCUT2D eigenvalue weighted by molar-refractivity contribution is 5.85. The summed E-state index contributed by atoms with van der Waals surface area (Å²) in [4.78, 5) is 0. The largest absolute Gasteiger partial charge is 0.316 e. The Kier molecular flexibility index (Phi) is 6.56. The van der Waals surface area contributed by atoms with Gasteiger partial charge in [0.15, 0.2) is 0 Å². The number of hydrogen-bond acceptors (Lipinski definition) is 2. The molecule has 3 heteroatoms. The van der Waals surface area contributed by atoms with E-state index in [4.69, 9.17) is 0 Å². The van der Waals surface area contributed by atoms with Crippen molar-refractivity contribution in [2.45, 2.75) is 26.3 Å². The Hall–Kier alpha value is -0.570. The average molecular weight is 255 g/mol. The second-order valence-electron chi connectivity index (χ2n) is 4.77. The molecule has 0 saturated carbocycles. The number of aryl methyl sites for hydroxylation is 1. The van der Waals surface area contributed by atoms with Crippen LogP contribution in [0.3, 0.4) is 0 Å². The van der Waals surface area contributed by atoms with Crippen LogP contribution in [0.2, 0.25) is 0 Å². The number of piperidine rings is 1. The summed E-state index contributed by atoms with van der Waals surface area (Å²) in [5.41, 5.74) is 2.81. The van der Waals surface area contributed by atoms with Crippen LogP contribution in [-0.4, -0.2) is 19.6 Å². The summed E-state index contributed by atoms with van der Waals surface area (Å²) in [7, 11) is 0. The molecule has 1 fully saturated rings. The lowest BCUT2D eigenvalue weighted by Gasteiger charge is -2.23. The van der Waals surface area contributed by atoms with Gasteiger partial charge in [-0.05, 0) is 56.4 Å². The first kappa shape index (κ1) is 14.5. The van der Waals surface area contributed by atoms with Gasteiger partial charge in [-0.15, -0.1) is 12.4 Å². The molecule has 0 spiro atoms. The van der Waals surface area contributed by atoms with E-state index in [2.05, 4.69) is 41.8 Å². The predicted molar refractivity (Wildman–Crippen MR) is 75.7 cm³/mol. The number of nitrogens with one attached hydrogen (secondary N) is 2. The minimum atomic E-state index is 0. The molecule has 0 aliphatic carbocycles. The van der Waals surface area contributed by atoms with E-state index in [1.807, 2.05) is 0 Å². The molecule has 0 bridgehead atoms. The first-order valence-corrected chi connectivity index (χ1v) is 6.32. The molecule has 1 aliphatic rings. The van der Waals surface area contributed by atoms with E-state index in [0.717, 1.165) is 19.0 Å². The van der Waals surface area contributed by atoms with E-state index in [1.54, 1.807) is 0 Å². The highest BCUT2D eigenvalue weighted by Crippen LogP contribution is 2.10. The maximum atomic E-state index is 3.57. The van der Waals surface area contributed by atoms with E-state index in [0.29, 0.717) is 0 Å². The van der Waals surface area contributed by atoms with Gasteiger partial charge in [0.05, 0.1) is 0 Å². The third kappa shape index (κ3) is 4.66. The fourth-order valence-corrected chi connectivity index (χ4v) is 2.32. The number of halogens is 1. The Morgan fingerprint density at radius 3 is 2.88 bits per heavy atom. The van der Waals surface area contributed by atoms with Crippen molar-refractivity contribution in [3.63, 3.8) is 0 Å². The summed E-state index contributed by atoms with van der Waals surface area (Å²) < 4.78 is 0. The third-order valence-electron chi connectivity index (χ3n) is 3.41. The maximum Gasteiger partial charge on any atom is 0.0208 e. The van der Waals surface area contributed by atoms with Gasteiger partial charge in [0.25, 0.3) is 0 Å². The molecular formula is C14H23ClN2. The zero-order chi connectivity index (χ0) is 11.2. The molecule has 1 aliphatic heterocycles. The lowest BCUT2D eigenvalue weighted by atomic mass is 9.99. The molecule has 1 saturated heterocycles. The van der Waals surface area contributed by atoms with Gasteiger partial charge in [-0.3, -0.25) is 0 Å². The van der Waals surface area contributed by atoms with E-state index < -0.39 is 0 Å². The van der Waals surface area contributed by atoms with Crippen LogP contribution in [0.4, 0.5) is 0 Å². The van der Waals surface area contributed by atoms with Crippen LogP contribution in [-0.2, 0) is 6.54 Å². The molecule has 2 nitrogen and oxygen atoms in total. The van der Waals surface area contributed by atoms with Crippen LogP contribution in [0.15, 0.2) is 24.3 Å². The molecule has 96 valence electrons. The summed E-state index contributed by atoms with van der Waals surface area (Å²) in [5.74, 6) is 0.817. The first-order chi connectivity index (χ1) is 7.86. The monoisotopic (exact) mass is 254 g/mol. The Morgan fingerprint density at radius 2 is 2.18 bits per heavy atom. The van der Waals surface area contributed by atoms with Crippen LogP contribution >= 0.6 is 12.4 Å². The van der Waals surface area contributed by atoms with Crippen molar-refractivity contribution in [2.75, 3.05) is 19.6 Å². The lowest BCUT2D eigenvalue weighted by molar-refractivity contribution is 0.360. The maximum absolute atomic E-state index is 3.57. The zero-order valence-corrected chi connectivity index (χ0v) is 11.4. The van der Waals surface area contributed by atoms with Crippen LogP contribution in [0.1, 0.15) is 24.0 Å². The highest BCUT2D eigenvalue weighted by Gasteiger charge is 2.11. The predicted octanol–water partition coefficient (Wildman–Crippen LogP) is 2.51. The zero-order valence-electron chi connectivity index (χ0n) is 10.5. The molecule has 2 rings (SSSR count). The van der Waals surface area contributed by atoms with Gasteiger partial charge in [-0.2, -0.15) is 0 Å². The Bertz CT molecular complexity index is 322. The molecule has 17 heavy (non-hydrogen) atoms.